The summed E-state index contributed by atoms with van der Waals surface area (Å²) in [4.78, 5) is 51.9. The SMILES string of the molecule is Cc1c(C(=O)NC/C=C/c2ccc3nc(Nc4ccc(C(=O)N(C)C5CCN(C)CC5)c(F)c4)ncc3c2)c(=O)n(Cc2ccc(F)c(F)c2)n1C. The Morgan fingerprint density at radius 1 is 0.981 bits per heavy atom. The Morgan fingerprint density at radius 3 is 2.48 bits per heavy atom. The Bertz CT molecular complexity index is 2240. The van der Waals surface area contributed by atoms with Crippen LogP contribution in [0.1, 0.15) is 50.4 Å². The van der Waals surface area contributed by atoms with E-state index in [0.29, 0.717) is 22.5 Å². The third-order valence-corrected chi connectivity index (χ3v) is 9.51. The monoisotopic (exact) mass is 712 g/mol. The predicted octanol–water partition coefficient (Wildman–Crippen LogP) is 5.26. The summed E-state index contributed by atoms with van der Waals surface area (Å²) >= 11 is 0. The molecule has 1 aliphatic heterocycles. The number of aromatic nitrogens is 4. The first-order valence-electron chi connectivity index (χ1n) is 16.8. The van der Waals surface area contributed by atoms with Crippen molar-refractivity contribution in [3.63, 3.8) is 0 Å². The van der Waals surface area contributed by atoms with E-state index in [-0.39, 0.29) is 42.1 Å². The maximum absolute atomic E-state index is 15.1. The van der Waals surface area contributed by atoms with Gasteiger partial charge in [-0.1, -0.05) is 24.3 Å². The molecule has 5 aromatic rings. The second kappa shape index (κ2) is 15.2. The van der Waals surface area contributed by atoms with Crippen LogP contribution in [-0.4, -0.2) is 80.7 Å². The third kappa shape index (κ3) is 7.76. The molecule has 0 atom stereocenters. The standard InChI is InChI=1S/C38H39F3N8O3/c1-23-34(37(52)49(48(23)4)22-25-7-11-30(39)32(41)19-25)35(50)42-15-5-6-24-8-12-33-26(18-24)21-43-38(45-33)44-27-9-10-29(31(40)20-27)36(51)47(3)28-13-16-46(2)17-14-28/h5-12,18-21,28H,13-17,22H2,1-4H3,(H,42,50)(H,43,44,45)/b6-5+. The van der Waals surface area contributed by atoms with Gasteiger partial charge in [0.15, 0.2) is 11.6 Å². The third-order valence-electron chi connectivity index (χ3n) is 9.51. The maximum Gasteiger partial charge on any atom is 0.280 e. The van der Waals surface area contributed by atoms with E-state index in [4.69, 9.17) is 0 Å². The Kier molecular flexibility index (Phi) is 10.6. The summed E-state index contributed by atoms with van der Waals surface area (Å²) < 4.78 is 44.9. The molecule has 14 heteroatoms. The molecule has 3 aromatic carbocycles. The highest BCUT2D eigenvalue weighted by molar-refractivity contribution is 5.95. The van der Waals surface area contributed by atoms with Crippen LogP contribution >= 0.6 is 0 Å². The minimum Gasteiger partial charge on any atom is -0.348 e. The first kappa shape index (κ1) is 36.0. The normalized spacial score (nSPS) is 13.9. The quantitative estimate of drug-likeness (QED) is 0.203. The molecule has 2 amide bonds. The van der Waals surface area contributed by atoms with Gasteiger partial charge in [-0.15, -0.1) is 0 Å². The first-order chi connectivity index (χ1) is 24.9. The molecule has 2 N–H and O–H groups in total. The molecule has 2 aromatic heterocycles. The highest BCUT2D eigenvalue weighted by Gasteiger charge is 2.26. The zero-order valence-electron chi connectivity index (χ0n) is 29.3. The zero-order valence-corrected chi connectivity index (χ0v) is 29.3. The lowest BCUT2D eigenvalue weighted by Crippen LogP contribution is -2.44. The van der Waals surface area contributed by atoms with E-state index in [1.807, 2.05) is 25.2 Å². The molecule has 0 saturated carbocycles. The van der Waals surface area contributed by atoms with Crippen molar-refractivity contribution in [2.45, 2.75) is 32.4 Å². The number of amides is 2. The van der Waals surface area contributed by atoms with Crippen LogP contribution in [0.4, 0.5) is 24.8 Å². The van der Waals surface area contributed by atoms with Crippen LogP contribution in [-0.2, 0) is 13.6 Å². The lowest BCUT2D eigenvalue weighted by molar-refractivity contribution is 0.0655. The topological polar surface area (TPSA) is 117 Å². The minimum atomic E-state index is -1.01. The van der Waals surface area contributed by atoms with Gasteiger partial charge >= 0.3 is 0 Å². The van der Waals surface area contributed by atoms with Crippen molar-refractivity contribution in [2.24, 2.45) is 7.05 Å². The van der Waals surface area contributed by atoms with E-state index in [9.17, 15) is 23.2 Å². The van der Waals surface area contributed by atoms with Gasteiger partial charge in [-0.05, 0) is 93.5 Å². The molecular formula is C38H39F3N8O3. The van der Waals surface area contributed by atoms with Crippen molar-refractivity contribution in [3.05, 3.63) is 123 Å². The molecule has 6 rings (SSSR count). The Labute approximate surface area is 298 Å². The molecule has 0 unspecified atom stereocenters. The van der Waals surface area contributed by atoms with Gasteiger partial charge in [0.2, 0.25) is 5.95 Å². The zero-order chi connectivity index (χ0) is 37.1. The molecule has 0 aliphatic carbocycles. The Hall–Kier alpha value is -5.76. The number of anilines is 2. The van der Waals surface area contributed by atoms with E-state index in [1.54, 1.807) is 50.3 Å². The predicted molar refractivity (Wildman–Crippen MR) is 193 cm³/mol. The van der Waals surface area contributed by atoms with Crippen molar-refractivity contribution >= 4 is 40.4 Å². The van der Waals surface area contributed by atoms with Crippen LogP contribution in [0.3, 0.4) is 0 Å². The summed E-state index contributed by atoms with van der Waals surface area (Å²) in [5.74, 6) is -3.26. The maximum atomic E-state index is 15.1. The minimum absolute atomic E-state index is 0.0161. The Balaban J connectivity index is 1.05. The van der Waals surface area contributed by atoms with Crippen LogP contribution in [0.2, 0.25) is 0 Å². The van der Waals surface area contributed by atoms with Crippen LogP contribution in [0, 0.1) is 24.4 Å². The number of carbonyl (C=O) groups is 2. The number of nitrogens with zero attached hydrogens (tertiary/aromatic N) is 6. The van der Waals surface area contributed by atoms with E-state index < -0.39 is 28.9 Å². The number of likely N-dealkylation sites (tertiary alicyclic amines) is 1. The van der Waals surface area contributed by atoms with Crippen LogP contribution in [0.5, 0.6) is 0 Å². The number of carbonyl (C=O) groups excluding carboxylic acids is 2. The molecule has 1 fully saturated rings. The van der Waals surface area contributed by atoms with Gasteiger partial charge in [-0.3, -0.25) is 19.1 Å². The molecule has 270 valence electrons. The largest absolute Gasteiger partial charge is 0.348 e. The number of hydrogen-bond donors (Lipinski definition) is 2. The Morgan fingerprint density at radius 2 is 1.75 bits per heavy atom. The fourth-order valence-corrected chi connectivity index (χ4v) is 6.30. The van der Waals surface area contributed by atoms with Gasteiger partial charge in [0, 0.05) is 49.6 Å². The van der Waals surface area contributed by atoms with Crippen LogP contribution < -0.4 is 16.2 Å². The number of hydrogen-bond acceptors (Lipinski definition) is 7. The van der Waals surface area contributed by atoms with E-state index >= 15 is 4.39 Å². The summed E-state index contributed by atoms with van der Waals surface area (Å²) in [6, 6.07) is 13.4. The number of nitrogens with one attached hydrogen (secondary N) is 2. The highest BCUT2D eigenvalue weighted by Crippen LogP contribution is 2.23. The van der Waals surface area contributed by atoms with Crippen molar-refractivity contribution < 1.29 is 22.8 Å². The van der Waals surface area contributed by atoms with Gasteiger partial charge in [0.25, 0.3) is 17.4 Å². The molecule has 3 heterocycles. The number of benzene rings is 3. The van der Waals surface area contributed by atoms with E-state index in [2.05, 4.69) is 25.5 Å². The lowest BCUT2D eigenvalue weighted by atomic mass is 10.0. The van der Waals surface area contributed by atoms with Crippen molar-refractivity contribution in [3.8, 4) is 0 Å². The molecule has 52 heavy (non-hydrogen) atoms. The van der Waals surface area contributed by atoms with Crippen molar-refractivity contribution in [1.29, 1.82) is 0 Å². The number of piperidine rings is 1. The second-order valence-electron chi connectivity index (χ2n) is 13.0. The second-order valence-corrected chi connectivity index (χ2v) is 13.0. The summed E-state index contributed by atoms with van der Waals surface area (Å²) in [6.07, 6.45) is 6.88. The molecular weight excluding hydrogens is 673 g/mol. The summed E-state index contributed by atoms with van der Waals surface area (Å²) in [5, 5.41) is 6.49. The number of rotatable bonds is 10. The van der Waals surface area contributed by atoms with Crippen molar-refractivity contribution in [1.82, 2.24) is 34.4 Å². The summed E-state index contributed by atoms with van der Waals surface area (Å²) in [7, 11) is 5.39. The van der Waals surface area contributed by atoms with Gasteiger partial charge in [-0.25, -0.2) is 27.8 Å². The average molecular weight is 713 g/mol. The fraction of sp³-hybridized carbons (Fsp3) is 0.289. The smallest absolute Gasteiger partial charge is 0.280 e. The average Bonchev–Trinajstić information content (AvgIpc) is 3.34. The van der Waals surface area contributed by atoms with Crippen molar-refractivity contribution in [2.75, 3.05) is 39.0 Å². The van der Waals surface area contributed by atoms with Gasteiger partial charge in [-0.2, -0.15) is 0 Å². The molecule has 11 nitrogen and oxygen atoms in total. The summed E-state index contributed by atoms with van der Waals surface area (Å²) in [5.41, 5.74) is 2.13. The number of fused-ring (bicyclic) bond motifs is 1. The number of halogens is 3. The van der Waals surface area contributed by atoms with Crippen LogP contribution in [0.15, 0.2) is 71.7 Å². The van der Waals surface area contributed by atoms with Crippen LogP contribution in [0.25, 0.3) is 17.0 Å². The van der Waals surface area contributed by atoms with Gasteiger partial charge in [0.05, 0.1) is 17.6 Å². The summed E-state index contributed by atoms with van der Waals surface area (Å²) in [6.45, 7) is 3.54. The highest BCUT2D eigenvalue weighted by atomic mass is 19.2. The van der Waals surface area contributed by atoms with E-state index in [0.717, 1.165) is 49.0 Å². The fourth-order valence-electron chi connectivity index (χ4n) is 6.30. The molecule has 0 bridgehead atoms. The molecule has 1 saturated heterocycles. The molecule has 1 aliphatic rings. The van der Waals surface area contributed by atoms with Gasteiger partial charge in [0.1, 0.15) is 11.4 Å². The van der Waals surface area contributed by atoms with Gasteiger partial charge < -0.3 is 20.4 Å². The van der Waals surface area contributed by atoms with E-state index in [1.165, 1.54) is 27.6 Å². The molecule has 0 radical (unpaired) electrons. The lowest BCUT2D eigenvalue weighted by Gasteiger charge is -2.35. The first-order valence-corrected chi connectivity index (χ1v) is 16.8. The molecule has 0 spiro atoms.